The number of anilines is 1. The monoisotopic (exact) mass is 438 g/mol. The van der Waals surface area contributed by atoms with Gasteiger partial charge in [0.25, 0.3) is 0 Å². The lowest BCUT2D eigenvalue weighted by molar-refractivity contribution is -0.161. The largest absolute Gasteiger partial charge is 0.497 e. The van der Waals surface area contributed by atoms with Gasteiger partial charge in [-0.15, -0.1) is 0 Å². The Kier molecular flexibility index (Phi) is 7.39. The van der Waals surface area contributed by atoms with E-state index in [1.165, 1.54) is 4.90 Å². The fraction of sp³-hybridized carbons (Fsp3) is 0.440. The van der Waals surface area contributed by atoms with Gasteiger partial charge in [0.15, 0.2) is 6.29 Å². The van der Waals surface area contributed by atoms with Crippen LogP contribution in [0.15, 0.2) is 48.5 Å². The zero-order chi connectivity index (χ0) is 22.3. The first kappa shape index (κ1) is 22.3. The van der Waals surface area contributed by atoms with Crippen molar-refractivity contribution < 1.29 is 23.8 Å². The molecular weight excluding hydrogens is 408 g/mol. The van der Waals surface area contributed by atoms with E-state index >= 15 is 0 Å². The Morgan fingerprint density at radius 3 is 2.44 bits per heavy atom. The summed E-state index contributed by atoms with van der Waals surface area (Å²) in [5.41, 5.74) is 2.81. The molecule has 0 saturated carbocycles. The van der Waals surface area contributed by atoms with Gasteiger partial charge in [0.2, 0.25) is 5.91 Å². The molecule has 2 aliphatic heterocycles. The number of carbonyl (C=O) groups is 2. The molecule has 2 aliphatic rings. The summed E-state index contributed by atoms with van der Waals surface area (Å²) in [5.74, 6) is 0.587. The Morgan fingerprint density at radius 1 is 1.00 bits per heavy atom. The smallest absolute Gasteiger partial charge is 0.331 e. The molecule has 1 atom stereocenters. The average molecular weight is 439 g/mol. The first-order valence-corrected chi connectivity index (χ1v) is 11.2. The van der Waals surface area contributed by atoms with E-state index < -0.39 is 0 Å². The Hall–Kier alpha value is -2.90. The van der Waals surface area contributed by atoms with Crippen LogP contribution in [0.5, 0.6) is 5.75 Å². The molecule has 2 heterocycles. The molecule has 0 aliphatic carbocycles. The molecule has 0 aromatic heterocycles. The number of amides is 3. The summed E-state index contributed by atoms with van der Waals surface area (Å²) < 4.78 is 16.6. The Balaban J connectivity index is 1.34. The lowest BCUT2D eigenvalue weighted by atomic mass is 10.1. The Bertz CT molecular complexity index is 907. The molecule has 2 fully saturated rings. The number of hydrogen-bond acceptors (Lipinski definition) is 5. The highest BCUT2D eigenvalue weighted by molar-refractivity contribution is 6.05. The van der Waals surface area contributed by atoms with Crippen molar-refractivity contribution in [2.45, 2.75) is 44.9 Å². The molecule has 0 spiro atoms. The summed E-state index contributed by atoms with van der Waals surface area (Å²) in [6, 6.07) is 15.0. The van der Waals surface area contributed by atoms with E-state index in [1.807, 2.05) is 48.5 Å². The van der Waals surface area contributed by atoms with Crippen LogP contribution in [0.25, 0.3) is 0 Å². The normalized spacial score (nSPS) is 19.3. The van der Waals surface area contributed by atoms with Crippen molar-refractivity contribution in [3.63, 3.8) is 0 Å². The molecule has 0 radical (unpaired) electrons. The SMILES string of the molecule is COc1ccc(CN2C(=O)CCN(c3ccc(CCOC4CCCCO4)cc3)C2=O)cc1. The van der Waals surface area contributed by atoms with Gasteiger partial charge < -0.3 is 14.2 Å². The third kappa shape index (κ3) is 5.47. The molecule has 0 N–H and O–H groups in total. The molecule has 0 bridgehead atoms. The maximum absolute atomic E-state index is 13.1. The van der Waals surface area contributed by atoms with E-state index in [1.54, 1.807) is 12.0 Å². The van der Waals surface area contributed by atoms with Crippen molar-refractivity contribution in [1.29, 1.82) is 0 Å². The van der Waals surface area contributed by atoms with Gasteiger partial charge in [-0.05, 0) is 61.1 Å². The van der Waals surface area contributed by atoms with E-state index in [2.05, 4.69) is 0 Å². The van der Waals surface area contributed by atoms with Gasteiger partial charge in [-0.3, -0.25) is 14.6 Å². The summed E-state index contributed by atoms with van der Waals surface area (Å²) in [7, 11) is 1.61. The molecule has 1 unspecified atom stereocenters. The third-order valence-corrected chi connectivity index (χ3v) is 5.89. The molecule has 2 saturated heterocycles. The molecule has 170 valence electrons. The molecule has 2 aromatic rings. The van der Waals surface area contributed by atoms with Crippen LogP contribution in [0.2, 0.25) is 0 Å². The fourth-order valence-corrected chi connectivity index (χ4v) is 3.99. The lowest BCUT2D eigenvalue weighted by Crippen LogP contribution is -2.52. The summed E-state index contributed by atoms with van der Waals surface area (Å²) in [5, 5.41) is 0. The lowest BCUT2D eigenvalue weighted by Gasteiger charge is -2.34. The van der Waals surface area contributed by atoms with Crippen LogP contribution in [0, 0.1) is 0 Å². The van der Waals surface area contributed by atoms with Gasteiger partial charge in [-0.1, -0.05) is 24.3 Å². The van der Waals surface area contributed by atoms with Crippen LogP contribution in [-0.4, -0.2) is 50.0 Å². The second-order valence-corrected chi connectivity index (χ2v) is 8.10. The van der Waals surface area contributed by atoms with E-state index in [9.17, 15) is 9.59 Å². The number of urea groups is 1. The second-order valence-electron chi connectivity index (χ2n) is 8.10. The predicted molar refractivity (Wildman–Crippen MR) is 121 cm³/mol. The molecular formula is C25H30N2O5. The van der Waals surface area contributed by atoms with Crippen LogP contribution >= 0.6 is 0 Å². The van der Waals surface area contributed by atoms with E-state index in [4.69, 9.17) is 14.2 Å². The summed E-state index contributed by atoms with van der Waals surface area (Å²) >= 11 is 0. The highest BCUT2D eigenvalue weighted by Crippen LogP contribution is 2.24. The summed E-state index contributed by atoms with van der Waals surface area (Å²) in [4.78, 5) is 28.5. The highest BCUT2D eigenvalue weighted by Gasteiger charge is 2.32. The van der Waals surface area contributed by atoms with Crippen molar-refractivity contribution in [3.8, 4) is 5.75 Å². The predicted octanol–water partition coefficient (Wildman–Crippen LogP) is 4.14. The third-order valence-electron chi connectivity index (χ3n) is 5.89. The van der Waals surface area contributed by atoms with Crippen molar-refractivity contribution in [2.75, 3.05) is 31.8 Å². The number of carbonyl (C=O) groups excluding carboxylic acids is 2. The zero-order valence-electron chi connectivity index (χ0n) is 18.5. The second kappa shape index (κ2) is 10.6. The summed E-state index contributed by atoms with van der Waals surface area (Å²) in [6.45, 7) is 2.02. The maximum atomic E-state index is 13.1. The van der Waals surface area contributed by atoms with Crippen molar-refractivity contribution in [1.82, 2.24) is 4.90 Å². The molecule has 2 aromatic carbocycles. The number of ether oxygens (including phenoxy) is 3. The van der Waals surface area contributed by atoms with Gasteiger partial charge >= 0.3 is 6.03 Å². The molecule has 3 amide bonds. The number of rotatable bonds is 8. The van der Waals surface area contributed by atoms with Crippen LogP contribution in [0.3, 0.4) is 0 Å². The van der Waals surface area contributed by atoms with Crippen molar-refractivity contribution in [2.24, 2.45) is 0 Å². The Labute approximate surface area is 188 Å². The number of benzene rings is 2. The van der Waals surface area contributed by atoms with Crippen LogP contribution in [0.4, 0.5) is 10.5 Å². The number of nitrogens with zero attached hydrogens (tertiary/aromatic N) is 2. The van der Waals surface area contributed by atoms with Crippen molar-refractivity contribution in [3.05, 3.63) is 59.7 Å². The van der Waals surface area contributed by atoms with Crippen LogP contribution < -0.4 is 9.64 Å². The summed E-state index contributed by atoms with van der Waals surface area (Å²) in [6.07, 6.45) is 4.24. The minimum atomic E-state index is -0.289. The maximum Gasteiger partial charge on any atom is 0.331 e. The zero-order valence-corrected chi connectivity index (χ0v) is 18.5. The van der Waals surface area contributed by atoms with E-state index in [0.29, 0.717) is 19.6 Å². The quantitative estimate of drug-likeness (QED) is 0.620. The van der Waals surface area contributed by atoms with Gasteiger partial charge in [0.05, 0.1) is 20.3 Å². The highest BCUT2D eigenvalue weighted by atomic mass is 16.7. The van der Waals surface area contributed by atoms with Gasteiger partial charge in [-0.2, -0.15) is 0 Å². The Morgan fingerprint density at radius 2 is 1.75 bits per heavy atom. The topological polar surface area (TPSA) is 68.3 Å². The molecule has 32 heavy (non-hydrogen) atoms. The standard InChI is InChI=1S/C25H30N2O5/c1-30-22-11-7-20(8-12-22)18-27-23(28)13-15-26(25(27)29)21-9-5-19(6-10-21)14-17-32-24-4-2-3-16-31-24/h5-12,24H,2-4,13-18H2,1H3. The van der Waals surface area contributed by atoms with Crippen LogP contribution in [-0.2, 0) is 27.2 Å². The molecule has 4 rings (SSSR count). The molecule has 7 heteroatoms. The van der Waals surface area contributed by atoms with E-state index in [-0.39, 0.29) is 24.8 Å². The minimum absolute atomic E-state index is 0.0804. The molecule has 7 nitrogen and oxygen atoms in total. The number of methoxy groups -OCH3 is 1. The van der Waals surface area contributed by atoms with E-state index in [0.717, 1.165) is 54.9 Å². The van der Waals surface area contributed by atoms with Gasteiger partial charge in [0, 0.05) is 25.3 Å². The fourth-order valence-electron chi connectivity index (χ4n) is 3.99. The first-order chi connectivity index (χ1) is 15.6. The van der Waals surface area contributed by atoms with Crippen LogP contribution in [0.1, 0.15) is 36.8 Å². The van der Waals surface area contributed by atoms with Gasteiger partial charge in [0.1, 0.15) is 5.75 Å². The number of imide groups is 1. The first-order valence-electron chi connectivity index (χ1n) is 11.2. The minimum Gasteiger partial charge on any atom is -0.497 e. The number of hydrogen-bond donors (Lipinski definition) is 0. The average Bonchev–Trinajstić information content (AvgIpc) is 2.83. The van der Waals surface area contributed by atoms with Crippen molar-refractivity contribution >= 4 is 17.6 Å². The van der Waals surface area contributed by atoms with Gasteiger partial charge in [-0.25, -0.2) is 4.79 Å².